The number of aliphatic hydroxyl groups excluding tert-OH is 1. The van der Waals surface area contributed by atoms with Gasteiger partial charge in [-0.15, -0.1) is 0 Å². The molecule has 0 saturated heterocycles. The summed E-state index contributed by atoms with van der Waals surface area (Å²) in [7, 11) is 2.42. The van der Waals surface area contributed by atoms with E-state index in [9.17, 15) is 9.59 Å². The van der Waals surface area contributed by atoms with Crippen LogP contribution in [-0.4, -0.2) is 37.4 Å². The standard InChI is InChI=1S/C9H12O5/c1-13-8(11)6-4-3-5-7(10)9(12)14-2/h3-7,10H,1-2H3/b5-3-,6-4+. The second-order valence-corrected chi connectivity index (χ2v) is 2.24. The molecule has 0 rings (SSSR count). The average Bonchev–Trinajstić information content (AvgIpc) is 2.22. The maximum atomic E-state index is 10.7. The molecule has 0 saturated carbocycles. The fraction of sp³-hybridized carbons (Fsp3) is 0.333. The first-order valence-electron chi connectivity index (χ1n) is 3.80. The third kappa shape index (κ3) is 5.10. The molecule has 0 aliphatic rings. The van der Waals surface area contributed by atoms with Gasteiger partial charge in [0, 0.05) is 6.08 Å². The Kier molecular flexibility index (Phi) is 6.06. The SMILES string of the molecule is COC(=O)/C=C/C=C\C(O)C(=O)OC. The molecule has 0 aromatic carbocycles. The lowest BCUT2D eigenvalue weighted by atomic mass is 10.3. The fourth-order valence-corrected chi connectivity index (χ4v) is 0.571. The Morgan fingerprint density at radius 1 is 1.21 bits per heavy atom. The minimum absolute atomic E-state index is 0.512. The number of ether oxygens (including phenoxy) is 2. The van der Waals surface area contributed by atoms with Crippen LogP contribution >= 0.6 is 0 Å². The van der Waals surface area contributed by atoms with Crippen LogP contribution in [0.1, 0.15) is 0 Å². The molecule has 0 aliphatic carbocycles. The smallest absolute Gasteiger partial charge is 0.338 e. The number of hydrogen-bond donors (Lipinski definition) is 1. The molecule has 0 aliphatic heterocycles. The molecule has 0 radical (unpaired) electrons. The first-order valence-corrected chi connectivity index (χ1v) is 3.80. The molecule has 5 nitrogen and oxygen atoms in total. The number of aliphatic hydroxyl groups is 1. The van der Waals surface area contributed by atoms with Crippen molar-refractivity contribution >= 4 is 11.9 Å². The molecular formula is C9H12O5. The second kappa shape index (κ2) is 6.85. The summed E-state index contributed by atoms with van der Waals surface area (Å²) in [5, 5.41) is 9.03. The van der Waals surface area contributed by atoms with Gasteiger partial charge in [-0.25, -0.2) is 9.59 Å². The summed E-state index contributed by atoms with van der Waals surface area (Å²) >= 11 is 0. The Balaban J connectivity index is 4.00. The van der Waals surface area contributed by atoms with Crippen LogP contribution in [0, 0.1) is 0 Å². The van der Waals surface area contributed by atoms with Crippen molar-refractivity contribution in [2.75, 3.05) is 14.2 Å². The van der Waals surface area contributed by atoms with E-state index in [1.807, 2.05) is 0 Å². The Morgan fingerprint density at radius 2 is 1.86 bits per heavy atom. The predicted molar refractivity (Wildman–Crippen MR) is 48.3 cm³/mol. The van der Waals surface area contributed by atoms with Gasteiger partial charge in [0.05, 0.1) is 14.2 Å². The minimum atomic E-state index is -1.32. The normalized spacial score (nSPS) is 13.1. The fourth-order valence-electron chi connectivity index (χ4n) is 0.571. The maximum absolute atomic E-state index is 10.7. The van der Waals surface area contributed by atoms with Crippen molar-refractivity contribution in [3.8, 4) is 0 Å². The van der Waals surface area contributed by atoms with E-state index in [2.05, 4.69) is 9.47 Å². The molecule has 0 heterocycles. The summed E-state index contributed by atoms with van der Waals surface area (Å²) in [5.41, 5.74) is 0. The molecule has 1 atom stereocenters. The molecule has 0 aromatic heterocycles. The highest BCUT2D eigenvalue weighted by Gasteiger charge is 2.09. The van der Waals surface area contributed by atoms with Crippen LogP contribution in [0.25, 0.3) is 0 Å². The van der Waals surface area contributed by atoms with E-state index in [0.29, 0.717) is 0 Å². The summed E-state index contributed by atoms with van der Waals surface area (Å²) in [6.45, 7) is 0. The number of allylic oxidation sites excluding steroid dienone is 2. The number of carbonyl (C=O) groups excluding carboxylic acids is 2. The van der Waals surface area contributed by atoms with Crippen LogP contribution in [0.5, 0.6) is 0 Å². The number of rotatable bonds is 4. The third-order valence-electron chi connectivity index (χ3n) is 1.28. The van der Waals surface area contributed by atoms with Gasteiger partial charge in [0.25, 0.3) is 0 Å². The molecular weight excluding hydrogens is 188 g/mol. The van der Waals surface area contributed by atoms with Crippen molar-refractivity contribution in [3.63, 3.8) is 0 Å². The van der Waals surface area contributed by atoms with Crippen LogP contribution in [-0.2, 0) is 19.1 Å². The van der Waals surface area contributed by atoms with E-state index in [1.54, 1.807) is 0 Å². The molecule has 14 heavy (non-hydrogen) atoms. The van der Waals surface area contributed by atoms with Crippen molar-refractivity contribution in [1.82, 2.24) is 0 Å². The molecule has 5 heteroatoms. The zero-order valence-corrected chi connectivity index (χ0v) is 7.97. The monoisotopic (exact) mass is 200 g/mol. The van der Waals surface area contributed by atoms with Gasteiger partial charge in [0.1, 0.15) is 0 Å². The van der Waals surface area contributed by atoms with Crippen LogP contribution < -0.4 is 0 Å². The van der Waals surface area contributed by atoms with Gasteiger partial charge in [-0.2, -0.15) is 0 Å². The average molecular weight is 200 g/mol. The van der Waals surface area contributed by atoms with Gasteiger partial charge in [-0.05, 0) is 6.08 Å². The molecule has 1 unspecified atom stereocenters. The molecule has 1 N–H and O–H groups in total. The van der Waals surface area contributed by atoms with E-state index in [-0.39, 0.29) is 0 Å². The molecule has 0 amide bonds. The largest absolute Gasteiger partial charge is 0.467 e. The lowest BCUT2D eigenvalue weighted by Crippen LogP contribution is -2.18. The van der Waals surface area contributed by atoms with Crippen molar-refractivity contribution in [2.24, 2.45) is 0 Å². The van der Waals surface area contributed by atoms with Crippen LogP contribution in [0.4, 0.5) is 0 Å². The zero-order valence-electron chi connectivity index (χ0n) is 7.97. The van der Waals surface area contributed by atoms with Crippen molar-refractivity contribution in [3.05, 3.63) is 24.3 Å². The summed E-state index contributed by atoms with van der Waals surface area (Å²) in [6.07, 6.45) is 3.71. The van der Waals surface area contributed by atoms with Crippen molar-refractivity contribution in [1.29, 1.82) is 0 Å². The summed E-state index contributed by atoms with van der Waals surface area (Å²) in [5.74, 6) is -1.27. The second-order valence-electron chi connectivity index (χ2n) is 2.24. The summed E-state index contributed by atoms with van der Waals surface area (Å²) in [4.78, 5) is 21.2. The lowest BCUT2D eigenvalue weighted by Gasteiger charge is -2.00. The van der Waals surface area contributed by atoms with Crippen molar-refractivity contribution < 1.29 is 24.2 Å². The Morgan fingerprint density at radius 3 is 2.36 bits per heavy atom. The first-order chi connectivity index (χ1) is 6.61. The summed E-state index contributed by atoms with van der Waals surface area (Å²) in [6, 6.07) is 0. The zero-order chi connectivity index (χ0) is 11.0. The highest BCUT2D eigenvalue weighted by atomic mass is 16.5. The highest BCUT2D eigenvalue weighted by Crippen LogP contribution is 1.90. The molecule has 78 valence electrons. The van der Waals surface area contributed by atoms with E-state index < -0.39 is 18.0 Å². The van der Waals surface area contributed by atoms with Crippen LogP contribution in [0.2, 0.25) is 0 Å². The first kappa shape index (κ1) is 12.4. The number of carbonyl (C=O) groups is 2. The van der Waals surface area contributed by atoms with E-state index in [1.165, 1.54) is 32.4 Å². The molecule has 0 aromatic rings. The highest BCUT2D eigenvalue weighted by molar-refractivity contribution is 5.82. The molecule has 0 bridgehead atoms. The Bertz CT molecular complexity index is 254. The third-order valence-corrected chi connectivity index (χ3v) is 1.28. The quantitative estimate of drug-likeness (QED) is 0.386. The summed E-state index contributed by atoms with van der Waals surface area (Å²) < 4.78 is 8.57. The Labute approximate surface area is 81.6 Å². The topological polar surface area (TPSA) is 72.8 Å². The van der Waals surface area contributed by atoms with Crippen molar-refractivity contribution in [2.45, 2.75) is 6.10 Å². The number of hydrogen-bond acceptors (Lipinski definition) is 5. The number of methoxy groups -OCH3 is 2. The van der Waals surface area contributed by atoms with E-state index in [0.717, 1.165) is 6.08 Å². The molecule has 0 fully saturated rings. The van der Waals surface area contributed by atoms with Gasteiger partial charge in [-0.1, -0.05) is 12.2 Å². The lowest BCUT2D eigenvalue weighted by molar-refractivity contribution is -0.147. The van der Waals surface area contributed by atoms with Gasteiger partial charge in [-0.3, -0.25) is 0 Å². The number of esters is 2. The minimum Gasteiger partial charge on any atom is -0.467 e. The van der Waals surface area contributed by atoms with Crippen LogP contribution in [0.15, 0.2) is 24.3 Å². The van der Waals surface area contributed by atoms with E-state index in [4.69, 9.17) is 5.11 Å². The molecule has 0 spiro atoms. The van der Waals surface area contributed by atoms with Gasteiger partial charge in [0.15, 0.2) is 6.10 Å². The maximum Gasteiger partial charge on any atom is 0.338 e. The van der Waals surface area contributed by atoms with Crippen LogP contribution in [0.3, 0.4) is 0 Å². The van der Waals surface area contributed by atoms with E-state index >= 15 is 0 Å². The van der Waals surface area contributed by atoms with Gasteiger partial charge < -0.3 is 14.6 Å². The Hall–Kier alpha value is -1.62. The predicted octanol–water partition coefficient (Wildman–Crippen LogP) is -0.194. The van der Waals surface area contributed by atoms with Gasteiger partial charge in [0.2, 0.25) is 0 Å². The van der Waals surface area contributed by atoms with Gasteiger partial charge >= 0.3 is 11.9 Å².